The van der Waals surface area contributed by atoms with Crippen LogP contribution in [-0.4, -0.2) is 122 Å². The molecule has 0 aromatic carbocycles. The molecule has 0 aromatic heterocycles. The molecule has 0 aliphatic carbocycles. The fraction of sp³-hybridized carbons (Fsp3) is 0.636. The van der Waals surface area contributed by atoms with Crippen LogP contribution in [0.1, 0.15) is 39.5 Å². The molecule has 0 saturated carbocycles. The molecule has 0 aliphatic heterocycles. The molecule has 0 aliphatic rings. The lowest BCUT2D eigenvalue weighted by atomic mass is 10.1. The van der Waals surface area contributed by atoms with Crippen LogP contribution in [-0.2, 0) is 38.4 Å². The molecule has 12 N–H and O–H groups in total. The van der Waals surface area contributed by atoms with Gasteiger partial charge < -0.3 is 57.9 Å². The van der Waals surface area contributed by atoms with Crippen molar-refractivity contribution in [3.8, 4) is 0 Å². The topological polar surface area (TPSA) is 324 Å². The summed E-state index contributed by atoms with van der Waals surface area (Å²) in [4.78, 5) is 94.4. The first-order chi connectivity index (χ1) is 19.0. The van der Waals surface area contributed by atoms with Gasteiger partial charge in [0.05, 0.1) is 19.3 Å². The Kier molecular flexibility index (Phi) is 16.2. The van der Waals surface area contributed by atoms with Crippen LogP contribution in [0.2, 0.25) is 0 Å². The Labute approximate surface area is 233 Å². The minimum Gasteiger partial charge on any atom is -0.481 e. The van der Waals surface area contributed by atoms with E-state index in [1.165, 1.54) is 6.92 Å². The zero-order valence-corrected chi connectivity index (χ0v) is 22.3. The number of hydrogen-bond acceptors (Lipinski definition) is 11. The van der Waals surface area contributed by atoms with E-state index in [1.54, 1.807) is 0 Å². The normalized spacial score (nSPS) is 15.0. The average Bonchev–Trinajstić information content (AvgIpc) is 2.88. The molecule has 0 spiro atoms. The molecular weight excluding hydrogens is 556 g/mol. The van der Waals surface area contributed by atoms with Gasteiger partial charge in [-0.1, -0.05) is 0 Å². The quantitative estimate of drug-likeness (QED) is 0.0667. The summed E-state index contributed by atoms with van der Waals surface area (Å²) in [5, 5.41) is 56.2. The summed E-state index contributed by atoms with van der Waals surface area (Å²) in [6, 6.07) is -7.42. The zero-order chi connectivity index (χ0) is 31.9. The predicted molar refractivity (Wildman–Crippen MR) is 135 cm³/mol. The van der Waals surface area contributed by atoms with Crippen LogP contribution in [0.25, 0.3) is 0 Å². The summed E-state index contributed by atoms with van der Waals surface area (Å²) in [7, 11) is 0. The number of aliphatic hydroxyl groups excluding tert-OH is 2. The number of aliphatic hydroxyl groups is 2. The van der Waals surface area contributed by atoms with Crippen molar-refractivity contribution in [1.82, 2.24) is 26.6 Å². The first-order valence-electron chi connectivity index (χ1n) is 12.2. The number of nitrogens with two attached hydrogens (primary N) is 1. The Morgan fingerprint density at radius 1 is 0.707 bits per heavy atom. The molecule has 0 bridgehead atoms. The Balaban J connectivity index is 5.17. The molecule has 232 valence electrons. The first kappa shape index (κ1) is 36.6. The number of amides is 5. The second kappa shape index (κ2) is 18.1. The van der Waals surface area contributed by atoms with Gasteiger partial charge in [0.25, 0.3) is 0 Å². The number of nitrogens with one attached hydrogen (secondary N) is 5. The Bertz CT molecular complexity index is 989. The van der Waals surface area contributed by atoms with Gasteiger partial charge in [-0.2, -0.15) is 0 Å². The van der Waals surface area contributed by atoms with Gasteiger partial charge >= 0.3 is 17.9 Å². The second-order valence-corrected chi connectivity index (χ2v) is 8.85. The second-order valence-electron chi connectivity index (χ2n) is 8.85. The van der Waals surface area contributed by atoms with Crippen LogP contribution < -0.4 is 32.3 Å². The van der Waals surface area contributed by atoms with E-state index in [0.717, 1.165) is 6.92 Å². The molecule has 41 heavy (non-hydrogen) atoms. The molecule has 5 amide bonds. The van der Waals surface area contributed by atoms with Gasteiger partial charge in [0.2, 0.25) is 29.5 Å². The smallest absolute Gasteiger partial charge is 0.326 e. The number of carboxylic acids is 3. The van der Waals surface area contributed by atoms with Gasteiger partial charge in [-0.05, 0) is 26.7 Å². The van der Waals surface area contributed by atoms with Crippen LogP contribution in [0.5, 0.6) is 0 Å². The molecule has 19 nitrogen and oxygen atoms in total. The zero-order valence-electron chi connectivity index (χ0n) is 22.3. The van der Waals surface area contributed by atoms with Crippen LogP contribution in [0.15, 0.2) is 0 Å². The molecule has 0 rings (SSSR count). The lowest BCUT2D eigenvalue weighted by molar-refractivity contribution is -0.143. The fourth-order valence-corrected chi connectivity index (χ4v) is 3.01. The summed E-state index contributed by atoms with van der Waals surface area (Å²) in [5.74, 6) is -9.08. The van der Waals surface area contributed by atoms with Gasteiger partial charge in [0, 0.05) is 12.8 Å². The predicted octanol–water partition coefficient (Wildman–Crippen LogP) is -5.42. The number of carbonyl (C=O) groups is 8. The van der Waals surface area contributed by atoms with Crippen LogP contribution in [0, 0.1) is 0 Å². The van der Waals surface area contributed by atoms with Gasteiger partial charge in [0.1, 0.15) is 30.2 Å². The van der Waals surface area contributed by atoms with Crippen LogP contribution in [0.3, 0.4) is 0 Å². The maximum Gasteiger partial charge on any atom is 0.326 e. The van der Waals surface area contributed by atoms with E-state index in [2.05, 4.69) is 26.6 Å². The number of carboxylic acid groups (broad SMARTS) is 3. The third-order valence-corrected chi connectivity index (χ3v) is 5.33. The third kappa shape index (κ3) is 14.6. The first-order valence-corrected chi connectivity index (χ1v) is 12.2. The molecular formula is C22H36N6O13. The molecule has 0 radical (unpaired) electrons. The molecule has 19 heteroatoms. The molecule has 0 aromatic rings. The van der Waals surface area contributed by atoms with Crippen LogP contribution in [0.4, 0.5) is 0 Å². The minimum atomic E-state index is -1.65. The molecule has 0 fully saturated rings. The van der Waals surface area contributed by atoms with Crippen molar-refractivity contribution in [3.63, 3.8) is 0 Å². The highest BCUT2D eigenvalue weighted by molar-refractivity contribution is 5.95. The number of aliphatic carboxylic acids is 3. The molecule has 6 atom stereocenters. The largest absolute Gasteiger partial charge is 0.481 e. The van der Waals surface area contributed by atoms with E-state index in [-0.39, 0.29) is 6.42 Å². The van der Waals surface area contributed by atoms with Gasteiger partial charge in [-0.25, -0.2) is 4.79 Å². The summed E-state index contributed by atoms with van der Waals surface area (Å²) in [5.41, 5.74) is 5.36. The fourth-order valence-electron chi connectivity index (χ4n) is 3.01. The summed E-state index contributed by atoms with van der Waals surface area (Å²) in [6.07, 6.45) is -3.42. The highest BCUT2D eigenvalue weighted by Crippen LogP contribution is 2.02. The number of rotatable bonds is 19. The molecule has 0 unspecified atom stereocenters. The molecule has 0 heterocycles. The van der Waals surface area contributed by atoms with Gasteiger partial charge in [-0.15, -0.1) is 0 Å². The van der Waals surface area contributed by atoms with Gasteiger partial charge in [-0.3, -0.25) is 33.6 Å². The Morgan fingerprint density at radius 3 is 1.68 bits per heavy atom. The average molecular weight is 593 g/mol. The SMILES string of the molecule is C[C@H](NC(=O)[C@@H](NC(=O)CNC(=O)[C@H](CCC(=O)O)NC(=O)[C@@H](N)CO)[C@@H](C)O)C(=O)N[C@@H](CCC(=O)O)C(=O)O. The van der Waals surface area contributed by atoms with Crippen molar-refractivity contribution < 1.29 is 63.9 Å². The van der Waals surface area contributed by atoms with Crippen molar-refractivity contribution in [2.45, 2.75) is 75.8 Å². The van der Waals surface area contributed by atoms with E-state index in [1.807, 2.05) is 0 Å². The van der Waals surface area contributed by atoms with Crippen molar-refractivity contribution >= 4 is 47.4 Å². The van der Waals surface area contributed by atoms with Crippen molar-refractivity contribution in [3.05, 3.63) is 0 Å². The number of hydrogen-bond donors (Lipinski definition) is 11. The minimum absolute atomic E-state index is 0.385. The number of carbonyl (C=O) groups excluding carboxylic acids is 5. The van der Waals surface area contributed by atoms with E-state index in [0.29, 0.717) is 0 Å². The lowest BCUT2D eigenvalue weighted by Gasteiger charge is -2.24. The Hall–Kier alpha value is -4.36. The standard InChI is InChI=1S/C22H36N6O13/c1-9(18(36)27-13(22(40)41)4-6-16(34)35)25-21(39)17(10(2)30)28-14(31)7-24-20(38)12(3-5-15(32)33)26-19(37)11(23)8-29/h9-13,17,29-30H,3-8,23H2,1-2H3,(H,24,38)(H,25,39)(H,26,37)(H,27,36)(H,28,31)(H,32,33)(H,34,35)(H,40,41)/t9-,10+,11-,12-,13-,17-/m0/s1. The summed E-state index contributed by atoms with van der Waals surface area (Å²) in [6.45, 7) is 0.747. The van der Waals surface area contributed by atoms with Crippen molar-refractivity contribution in [2.75, 3.05) is 13.2 Å². The van der Waals surface area contributed by atoms with Crippen molar-refractivity contribution in [2.24, 2.45) is 5.73 Å². The van der Waals surface area contributed by atoms with Crippen LogP contribution >= 0.6 is 0 Å². The van der Waals surface area contributed by atoms with E-state index >= 15 is 0 Å². The lowest BCUT2D eigenvalue weighted by Crippen LogP contribution is -2.58. The highest BCUT2D eigenvalue weighted by Gasteiger charge is 2.30. The Morgan fingerprint density at radius 2 is 1.22 bits per heavy atom. The van der Waals surface area contributed by atoms with E-state index in [9.17, 15) is 43.5 Å². The molecule has 0 saturated heterocycles. The maximum absolute atomic E-state index is 12.6. The maximum atomic E-state index is 12.6. The van der Waals surface area contributed by atoms with Gasteiger partial charge in [0.15, 0.2) is 0 Å². The summed E-state index contributed by atoms with van der Waals surface area (Å²) >= 11 is 0. The summed E-state index contributed by atoms with van der Waals surface area (Å²) < 4.78 is 0. The van der Waals surface area contributed by atoms with E-state index < -0.39 is 116 Å². The highest BCUT2D eigenvalue weighted by atomic mass is 16.4. The monoisotopic (exact) mass is 592 g/mol. The van der Waals surface area contributed by atoms with E-state index in [4.69, 9.17) is 26.2 Å². The third-order valence-electron chi connectivity index (χ3n) is 5.33. The van der Waals surface area contributed by atoms with Crippen molar-refractivity contribution in [1.29, 1.82) is 0 Å².